The average molecular weight is 289 g/mol. The van der Waals surface area contributed by atoms with Crippen LogP contribution in [0.2, 0.25) is 0 Å². The standard InChI is InChI=1S/C7H5BrF4N2O/c8-6-3(1-13)5(9)4(2-14-6)15-7(10,11)12/h2H,1,13H2. The van der Waals surface area contributed by atoms with Gasteiger partial charge in [0.05, 0.1) is 6.20 Å². The summed E-state index contributed by atoms with van der Waals surface area (Å²) in [6.45, 7) is -0.283. The highest BCUT2D eigenvalue weighted by Gasteiger charge is 2.33. The van der Waals surface area contributed by atoms with E-state index in [0.717, 1.165) is 0 Å². The summed E-state index contributed by atoms with van der Waals surface area (Å²) >= 11 is 2.85. The van der Waals surface area contributed by atoms with Gasteiger partial charge in [-0.05, 0) is 15.9 Å². The van der Waals surface area contributed by atoms with Crippen LogP contribution in [0.1, 0.15) is 5.56 Å². The van der Waals surface area contributed by atoms with Gasteiger partial charge in [0.2, 0.25) is 0 Å². The maximum absolute atomic E-state index is 13.3. The maximum atomic E-state index is 13.3. The molecule has 0 aromatic carbocycles. The molecule has 0 saturated heterocycles. The lowest BCUT2D eigenvalue weighted by atomic mass is 10.2. The fourth-order valence-corrected chi connectivity index (χ4v) is 1.30. The van der Waals surface area contributed by atoms with Crippen molar-refractivity contribution in [2.45, 2.75) is 12.9 Å². The lowest BCUT2D eigenvalue weighted by molar-refractivity contribution is -0.275. The molecule has 0 unspecified atom stereocenters. The SMILES string of the molecule is NCc1c(Br)ncc(OC(F)(F)F)c1F. The number of ether oxygens (including phenoxy) is 1. The zero-order valence-corrected chi connectivity index (χ0v) is 8.69. The largest absolute Gasteiger partial charge is 0.573 e. The van der Waals surface area contributed by atoms with E-state index in [2.05, 4.69) is 25.7 Å². The van der Waals surface area contributed by atoms with Crippen molar-refractivity contribution >= 4 is 15.9 Å². The molecule has 1 aromatic heterocycles. The van der Waals surface area contributed by atoms with Gasteiger partial charge in [0, 0.05) is 12.1 Å². The minimum Gasteiger partial charge on any atom is -0.401 e. The Kier molecular flexibility index (Phi) is 3.50. The monoisotopic (exact) mass is 288 g/mol. The van der Waals surface area contributed by atoms with Crippen molar-refractivity contribution in [3.63, 3.8) is 0 Å². The number of nitrogens with two attached hydrogens (primary N) is 1. The summed E-state index contributed by atoms with van der Waals surface area (Å²) in [5.41, 5.74) is 4.97. The first kappa shape index (κ1) is 12.2. The van der Waals surface area contributed by atoms with Crippen molar-refractivity contribution in [1.82, 2.24) is 4.98 Å². The number of hydrogen-bond donors (Lipinski definition) is 1. The van der Waals surface area contributed by atoms with Crippen LogP contribution in [-0.2, 0) is 6.54 Å². The Labute approximate surface area is 90.4 Å². The van der Waals surface area contributed by atoms with Gasteiger partial charge in [0.15, 0.2) is 11.6 Å². The molecule has 0 saturated carbocycles. The molecular weight excluding hydrogens is 284 g/mol. The Hall–Kier alpha value is -0.890. The van der Waals surface area contributed by atoms with Gasteiger partial charge in [0.25, 0.3) is 0 Å². The molecule has 0 aliphatic carbocycles. The quantitative estimate of drug-likeness (QED) is 0.671. The molecule has 0 fully saturated rings. The number of nitrogens with zero attached hydrogens (tertiary/aromatic N) is 1. The lowest BCUT2D eigenvalue weighted by Gasteiger charge is -2.11. The second-order valence-corrected chi connectivity index (χ2v) is 3.21. The zero-order valence-electron chi connectivity index (χ0n) is 7.11. The van der Waals surface area contributed by atoms with Gasteiger partial charge in [-0.1, -0.05) is 0 Å². The van der Waals surface area contributed by atoms with E-state index >= 15 is 0 Å². The third-order valence-electron chi connectivity index (χ3n) is 1.46. The third kappa shape index (κ3) is 3.03. The smallest absolute Gasteiger partial charge is 0.401 e. The van der Waals surface area contributed by atoms with Gasteiger partial charge in [0.1, 0.15) is 4.60 Å². The Balaban J connectivity index is 3.11. The topological polar surface area (TPSA) is 48.1 Å². The Bertz CT molecular complexity index is 369. The normalized spacial score (nSPS) is 11.6. The number of alkyl halides is 3. The first-order valence-electron chi connectivity index (χ1n) is 3.64. The van der Waals surface area contributed by atoms with Gasteiger partial charge in [-0.15, -0.1) is 13.2 Å². The molecule has 1 rings (SSSR count). The molecule has 0 aliphatic heterocycles. The first-order valence-corrected chi connectivity index (χ1v) is 4.43. The number of aromatic nitrogens is 1. The van der Waals surface area contributed by atoms with Crippen LogP contribution in [-0.4, -0.2) is 11.3 Å². The number of pyridine rings is 1. The molecular formula is C7H5BrF4N2O. The average Bonchev–Trinajstić information content (AvgIpc) is 2.09. The summed E-state index contributed by atoms with van der Waals surface area (Å²) in [6, 6.07) is 0. The van der Waals surface area contributed by atoms with Crippen LogP contribution in [0.25, 0.3) is 0 Å². The summed E-state index contributed by atoms with van der Waals surface area (Å²) in [5.74, 6) is -2.16. The van der Waals surface area contributed by atoms with Crippen LogP contribution in [0.5, 0.6) is 5.75 Å². The fourth-order valence-electron chi connectivity index (χ4n) is 0.859. The summed E-state index contributed by atoms with van der Waals surface area (Å²) in [7, 11) is 0. The van der Waals surface area contributed by atoms with Crippen LogP contribution in [0, 0.1) is 5.82 Å². The summed E-state index contributed by atoms with van der Waals surface area (Å²) in [5, 5.41) is 0. The van der Waals surface area contributed by atoms with Crippen molar-refractivity contribution in [3.05, 3.63) is 22.2 Å². The highest BCUT2D eigenvalue weighted by atomic mass is 79.9. The predicted octanol–water partition coefficient (Wildman–Crippen LogP) is 2.34. The van der Waals surface area contributed by atoms with Crippen molar-refractivity contribution in [3.8, 4) is 5.75 Å². The highest BCUT2D eigenvalue weighted by molar-refractivity contribution is 9.10. The lowest BCUT2D eigenvalue weighted by Crippen LogP contribution is -2.19. The minimum atomic E-state index is -4.96. The van der Waals surface area contributed by atoms with Gasteiger partial charge in [-0.3, -0.25) is 0 Å². The van der Waals surface area contributed by atoms with Crippen LogP contribution < -0.4 is 10.5 Å². The molecule has 1 heterocycles. The molecule has 8 heteroatoms. The predicted molar refractivity (Wildman–Crippen MR) is 46.5 cm³/mol. The molecule has 0 bridgehead atoms. The Morgan fingerprint density at radius 2 is 2.07 bits per heavy atom. The van der Waals surface area contributed by atoms with E-state index in [1.165, 1.54) is 0 Å². The van der Waals surface area contributed by atoms with Crippen molar-refractivity contribution in [2.24, 2.45) is 5.73 Å². The maximum Gasteiger partial charge on any atom is 0.573 e. The van der Waals surface area contributed by atoms with Gasteiger partial charge >= 0.3 is 6.36 Å². The van der Waals surface area contributed by atoms with Crippen molar-refractivity contribution in [2.75, 3.05) is 0 Å². The van der Waals surface area contributed by atoms with Gasteiger partial charge in [-0.25, -0.2) is 9.37 Å². The molecule has 3 nitrogen and oxygen atoms in total. The molecule has 2 N–H and O–H groups in total. The first-order chi connectivity index (χ1) is 6.85. The van der Waals surface area contributed by atoms with Crippen molar-refractivity contribution < 1.29 is 22.3 Å². The zero-order chi connectivity index (χ0) is 11.6. The summed E-state index contributed by atoms with van der Waals surface area (Å²) < 4.78 is 52.2. The second kappa shape index (κ2) is 4.31. The van der Waals surface area contributed by atoms with Crippen molar-refractivity contribution in [1.29, 1.82) is 0 Å². The van der Waals surface area contributed by atoms with E-state index in [1.807, 2.05) is 0 Å². The summed E-state index contributed by atoms with van der Waals surface area (Å²) in [6.07, 6.45) is -4.33. The van der Waals surface area contributed by atoms with Gasteiger partial charge in [-0.2, -0.15) is 0 Å². The minimum absolute atomic E-state index is 0.0528. The van der Waals surface area contributed by atoms with E-state index in [4.69, 9.17) is 5.73 Å². The molecule has 0 aliphatic rings. The molecule has 0 amide bonds. The van der Waals surface area contributed by atoms with Crippen LogP contribution >= 0.6 is 15.9 Å². The second-order valence-electron chi connectivity index (χ2n) is 2.46. The van der Waals surface area contributed by atoms with Crippen LogP contribution in [0.15, 0.2) is 10.8 Å². The fraction of sp³-hybridized carbons (Fsp3) is 0.286. The van der Waals surface area contributed by atoms with E-state index < -0.39 is 17.9 Å². The van der Waals surface area contributed by atoms with Crippen LogP contribution in [0.3, 0.4) is 0 Å². The number of hydrogen-bond acceptors (Lipinski definition) is 3. The van der Waals surface area contributed by atoms with Gasteiger partial charge < -0.3 is 10.5 Å². The molecule has 15 heavy (non-hydrogen) atoms. The highest BCUT2D eigenvalue weighted by Crippen LogP contribution is 2.29. The summed E-state index contributed by atoms with van der Waals surface area (Å²) in [4.78, 5) is 3.47. The van der Waals surface area contributed by atoms with E-state index in [9.17, 15) is 17.6 Å². The molecule has 0 atom stereocenters. The van der Waals surface area contributed by atoms with E-state index in [0.29, 0.717) is 6.20 Å². The molecule has 0 spiro atoms. The Morgan fingerprint density at radius 1 is 1.47 bits per heavy atom. The number of halogens is 5. The van der Waals surface area contributed by atoms with E-state index in [-0.39, 0.29) is 16.7 Å². The molecule has 84 valence electrons. The van der Waals surface area contributed by atoms with Crippen LogP contribution in [0.4, 0.5) is 17.6 Å². The number of rotatable bonds is 2. The Morgan fingerprint density at radius 3 is 2.53 bits per heavy atom. The third-order valence-corrected chi connectivity index (χ3v) is 2.14. The van der Waals surface area contributed by atoms with E-state index in [1.54, 1.807) is 0 Å². The molecule has 1 aromatic rings. The molecule has 0 radical (unpaired) electrons.